The monoisotopic (exact) mass is 395 g/mol. The zero-order valence-corrected chi connectivity index (χ0v) is 15.9. The molecule has 2 aromatic rings. The van der Waals surface area contributed by atoms with Crippen LogP contribution in [0.3, 0.4) is 0 Å². The molecule has 6 nitrogen and oxygen atoms in total. The molecule has 0 saturated heterocycles. The molecule has 1 atom stereocenters. The predicted octanol–water partition coefficient (Wildman–Crippen LogP) is 3.24. The first-order chi connectivity index (χ1) is 11.4. The smallest absolute Gasteiger partial charge is 0.222 e. The maximum Gasteiger partial charge on any atom is 0.222 e. The molecule has 0 aliphatic heterocycles. The van der Waals surface area contributed by atoms with Gasteiger partial charge in [0.2, 0.25) is 5.91 Å². The van der Waals surface area contributed by atoms with Crippen LogP contribution < -0.4 is 14.8 Å². The van der Waals surface area contributed by atoms with Gasteiger partial charge in [0, 0.05) is 24.7 Å². The number of rotatable bonds is 7. The van der Waals surface area contributed by atoms with Gasteiger partial charge >= 0.3 is 0 Å². The number of aromatic nitrogens is 2. The Morgan fingerprint density at radius 1 is 1.38 bits per heavy atom. The first kappa shape index (κ1) is 18.3. The van der Waals surface area contributed by atoms with Crippen molar-refractivity contribution in [2.45, 2.75) is 32.9 Å². The maximum absolute atomic E-state index is 12.2. The van der Waals surface area contributed by atoms with Crippen LogP contribution in [-0.4, -0.2) is 29.9 Å². The van der Waals surface area contributed by atoms with Crippen molar-refractivity contribution >= 4 is 21.8 Å². The zero-order chi connectivity index (χ0) is 17.7. The molecule has 1 aromatic heterocycles. The topological polar surface area (TPSA) is 65.4 Å². The number of nitrogens with zero attached hydrogens (tertiary/aromatic N) is 2. The van der Waals surface area contributed by atoms with Gasteiger partial charge < -0.3 is 14.8 Å². The van der Waals surface area contributed by atoms with E-state index in [-0.39, 0.29) is 11.9 Å². The summed E-state index contributed by atoms with van der Waals surface area (Å²) in [7, 11) is 3.22. The van der Waals surface area contributed by atoms with E-state index in [1.54, 1.807) is 18.9 Å². The molecule has 1 heterocycles. The van der Waals surface area contributed by atoms with Crippen molar-refractivity contribution in [3.63, 3.8) is 0 Å². The quantitative estimate of drug-likeness (QED) is 0.781. The number of aryl methyl sites for hydroxylation is 2. The van der Waals surface area contributed by atoms with Gasteiger partial charge in [-0.1, -0.05) is 0 Å². The number of halogens is 1. The van der Waals surface area contributed by atoms with Gasteiger partial charge in [0.25, 0.3) is 0 Å². The highest BCUT2D eigenvalue weighted by Crippen LogP contribution is 2.29. The highest BCUT2D eigenvalue weighted by molar-refractivity contribution is 9.10. The molecule has 0 spiro atoms. The predicted molar refractivity (Wildman–Crippen MR) is 95.4 cm³/mol. The number of hydrogen-bond donors (Lipinski definition) is 1. The maximum atomic E-state index is 12.2. The fourth-order valence-corrected chi connectivity index (χ4v) is 2.71. The number of amides is 1. The standard InChI is InChI=1S/C17H22BrN3O3/c1-11(14-9-13(23-3)5-6-16(14)24-4)19-17(22)7-8-21-10-15(18)12(2)20-21/h5-6,9-11H,7-8H2,1-4H3,(H,19,22). The summed E-state index contributed by atoms with van der Waals surface area (Å²) >= 11 is 3.41. The average Bonchev–Trinajstić information content (AvgIpc) is 2.90. The van der Waals surface area contributed by atoms with Crippen molar-refractivity contribution in [1.82, 2.24) is 15.1 Å². The molecular formula is C17H22BrN3O3. The van der Waals surface area contributed by atoms with Crippen LogP contribution in [0.2, 0.25) is 0 Å². The van der Waals surface area contributed by atoms with Crippen LogP contribution in [0.25, 0.3) is 0 Å². The fraction of sp³-hybridized carbons (Fsp3) is 0.412. The summed E-state index contributed by atoms with van der Waals surface area (Å²) in [6.45, 7) is 4.36. The van der Waals surface area contributed by atoms with Crippen LogP contribution >= 0.6 is 15.9 Å². The molecule has 130 valence electrons. The Bertz CT molecular complexity index is 696. The van der Waals surface area contributed by atoms with Gasteiger partial charge in [0.15, 0.2) is 0 Å². The summed E-state index contributed by atoms with van der Waals surface area (Å²) in [6.07, 6.45) is 2.22. The second-order valence-corrected chi connectivity index (χ2v) is 6.33. The number of carbonyl (C=O) groups is 1. The Labute approximate surface area is 150 Å². The Kier molecular flexibility index (Phi) is 6.25. The van der Waals surface area contributed by atoms with Crippen LogP contribution in [0, 0.1) is 6.92 Å². The molecule has 1 N–H and O–H groups in total. The van der Waals surface area contributed by atoms with E-state index >= 15 is 0 Å². The third-order valence-corrected chi connectivity index (χ3v) is 4.51. The summed E-state index contributed by atoms with van der Waals surface area (Å²) in [5, 5.41) is 7.31. The van der Waals surface area contributed by atoms with Crippen LogP contribution in [0.4, 0.5) is 0 Å². The van der Waals surface area contributed by atoms with Crippen molar-refractivity contribution < 1.29 is 14.3 Å². The highest BCUT2D eigenvalue weighted by Gasteiger charge is 2.15. The van der Waals surface area contributed by atoms with E-state index < -0.39 is 0 Å². The molecule has 2 rings (SSSR count). The van der Waals surface area contributed by atoms with Crippen LogP contribution in [-0.2, 0) is 11.3 Å². The largest absolute Gasteiger partial charge is 0.497 e. The van der Waals surface area contributed by atoms with Crippen molar-refractivity contribution in [3.05, 3.63) is 40.1 Å². The van der Waals surface area contributed by atoms with E-state index in [1.807, 2.05) is 38.2 Å². The Morgan fingerprint density at radius 2 is 2.12 bits per heavy atom. The average molecular weight is 396 g/mol. The summed E-state index contributed by atoms with van der Waals surface area (Å²) in [4.78, 5) is 12.2. The van der Waals surface area contributed by atoms with Gasteiger partial charge in [-0.2, -0.15) is 5.10 Å². The van der Waals surface area contributed by atoms with Crippen LogP contribution in [0.1, 0.15) is 30.6 Å². The summed E-state index contributed by atoms with van der Waals surface area (Å²) in [5.41, 5.74) is 1.78. The molecule has 0 radical (unpaired) electrons. The summed E-state index contributed by atoms with van der Waals surface area (Å²) < 4.78 is 13.3. The molecule has 24 heavy (non-hydrogen) atoms. The van der Waals surface area contributed by atoms with E-state index in [4.69, 9.17) is 9.47 Å². The zero-order valence-electron chi connectivity index (χ0n) is 14.3. The Balaban J connectivity index is 1.98. The molecule has 0 fully saturated rings. The van der Waals surface area contributed by atoms with Crippen molar-refractivity contribution in [2.24, 2.45) is 0 Å². The lowest BCUT2D eigenvalue weighted by atomic mass is 10.1. The Morgan fingerprint density at radius 3 is 2.71 bits per heavy atom. The molecule has 7 heteroatoms. The molecule has 0 aliphatic carbocycles. The van der Waals surface area contributed by atoms with E-state index in [2.05, 4.69) is 26.3 Å². The third-order valence-electron chi connectivity index (χ3n) is 3.74. The number of hydrogen-bond acceptors (Lipinski definition) is 4. The molecule has 1 aromatic carbocycles. The van der Waals surface area contributed by atoms with Gasteiger partial charge in [-0.3, -0.25) is 9.48 Å². The molecule has 1 amide bonds. The number of methoxy groups -OCH3 is 2. The van der Waals surface area contributed by atoms with Crippen LogP contribution in [0.15, 0.2) is 28.9 Å². The van der Waals surface area contributed by atoms with Gasteiger partial charge in [-0.05, 0) is 48.0 Å². The molecule has 0 bridgehead atoms. The first-order valence-electron chi connectivity index (χ1n) is 7.65. The van der Waals surface area contributed by atoms with Crippen molar-refractivity contribution in [3.8, 4) is 11.5 Å². The molecule has 0 saturated carbocycles. The molecule has 1 unspecified atom stereocenters. The molecule has 0 aliphatic rings. The number of carbonyl (C=O) groups excluding carboxylic acids is 1. The second-order valence-electron chi connectivity index (χ2n) is 5.47. The fourth-order valence-electron chi connectivity index (χ4n) is 2.39. The van der Waals surface area contributed by atoms with Crippen LogP contribution in [0.5, 0.6) is 11.5 Å². The third kappa shape index (κ3) is 4.50. The minimum Gasteiger partial charge on any atom is -0.497 e. The van der Waals surface area contributed by atoms with E-state index in [9.17, 15) is 4.79 Å². The van der Waals surface area contributed by atoms with E-state index in [0.717, 1.165) is 27.2 Å². The number of benzene rings is 1. The van der Waals surface area contributed by atoms with Gasteiger partial charge in [-0.25, -0.2) is 0 Å². The summed E-state index contributed by atoms with van der Waals surface area (Å²) in [5.74, 6) is 1.40. The lowest BCUT2D eigenvalue weighted by Gasteiger charge is -2.18. The lowest BCUT2D eigenvalue weighted by molar-refractivity contribution is -0.122. The number of nitrogens with one attached hydrogen (secondary N) is 1. The van der Waals surface area contributed by atoms with Crippen molar-refractivity contribution in [1.29, 1.82) is 0 Å². The minimum absolute atomic E-state index is 0.0448. The SMILES string of the molecule is COc1ccc(OC)c(C(C)NC(=O)CCn2cc(Br)c(C)n2)c1. The Hall–Kier alpha value is -2.02. The van der Waals surface area contributed by atoms with E-state index in [1.165, 1.54) is 0 Å². The van der Waals surface area contributed by atoms with Gasteiger partial charge in [0.05, 0.1) is 30.4 Å². The minimum atomic E-state index is -0.186. The highest BCUT2D eigenvalue weighted by atomic mass is 79.9. The first-order valence-corrected chi connectivity index (χ1v) is 8.44. The molecular weight excluding hydrogens is 374 g/mol. The number of ether oxygens (including phenoxy) is 2. The lowest BCUT2D eigenvalue weighted by Crippen LogP contribution is -2.27. The second kappa shape index (κ2) is 8.19. The van der Waals surface area contributed by atoms with Gasteiger partial charge in [0.1, 0.15) is 11.5 Å². The van der Waals surface area contributed by atoms with Gasteiger partial charge in [-0.15, -0.1) is 0 Å². The summed E-state index contributed by atoms with van der Waals surface area (Å²) in [6, 6.07) is 5.35. The van der Waals surface area contributed by atoms with Crippen molar-refractivity contribution in [2.75, 3.05) is 14.2 Å². The van der Waals surface area contributed by atoms with E-state index in [0.29, 0.717) is 13.0 Å². The normalized spacial score (nSPS) is 11.9.